The van der Waals surface area contributed by atoms with Crippen LogP contribution in [-0.2, 0) is 6.42 Å². The van der Waals surface area contributed by atoms with E-state index in [4.69, 9.17) is 9.47 Å². The highest BCUT2D eigenvalue weighted by Gasteiger charge is 2.32. The van der Waals surface area contributed by atoms with Crippen LogP contribution in [-0.4, -0.2) is 24.1 Å². The number of phenols is 1. The molecule has 1 unspecified atom stereocenters. The van der Waals surface area contributed by atoms with Crippen LogP contribution in [0.3, 0.4) is 0 Å². The molecule has 2 aromatic carbocycles. The number of para-hydroxylation sites is 1. The van der Waals surface area contributed by atoms with Crippen molar-refractivity contribution in [3.63, 3.8) is 0 Å². The Hall–Kier alpha value is -2.49. The van der Waals surface area contributed by atoms with Crippen molar-refractivity contribution in [2.75, 3.05) is 7.11 Å². The zero-order valence-electron chi connectivity index (χ0n) is 11.0. The molecule has 20 heavy (non-hydrogen) atoms. The first kappa shape index (κ1) is 12.5. The van der Waals surface area contributed by atoms with E-state index in [1.165, 1.54) is 0 Å². The summed E-state index contributed by atoms with van der Waals surface area (Å²) in [6, 6.07) is 12.1. The number of rotatable bonds is 3. The third-order valence-corrected chi connectivity index (χ3v) is 3.41. The zero-order chi connectivity index (χ0) is 14.1. The number of ether oxygens (including phenoxy) is 2. The number of hydrogen-bond donors (Lipinski definition) is 1. The molecule has 1 heterocycles. The molecule has 2 aromatic rings. The molecule has 0 saturated carbocycles. The summed E-state index contributed by atoms with van der Waals surface area (Å²) in [7, 11) is 1.56. The highest BCUT2D eigenvalue weighted by atomic mass is 16.5. The molecule has 1 N–H and O–H groups in total. The van der Waals surface area contributed by atoms with E-state index in [-0.39, 0.29) is 11.5 Å². The Bertz CT molecular complexity index is 663. The number of carbonyl (C=O) groups excluding carboxylic acids is 1. The standard InChI is InChI=1S/C16H14O4/c1-19-11-6-7-13(17)10(8-11)9-15-16(18)12-4-2-3-5-14(12)20-15/h2-8,15,17H,9H2,1H3. The fraction of sp³-hybridized carbons (Fsp3) is 0.188. The lowest BCUT2D eigenvalue weighted by Crippen LogP contribution is -2.23. The summed E-state index contributed by atoms with van der Waals surface area (Å²) in [5.41, 5.74) is 1.23. The van der Waals surface area contributed by atoms with Crippen LogP contribution in [0.25, 0.3) is 0 Å². The normalized spacial score (nSPS) is 16.6. The lowest BCUT2D eigenvalue weighted by molar-refractivity contribution is 0.0857. The molecule has 0 fully saturated rings. The smallest absolute Gasteiger partial charge is 0.207 e. The van der Waals surface area contributed by atoms with E-state index < -0.39 is 6.10 Å². The average Bonchev–Trinajstić information content (AvgIpc) is 2.78. The van der Waals surface area contributed by atoms with Gasteiger partial charge >= 0.3 is 0 Å². The van der Waals surface area contributed by atoms with Gasteiger partial charge < -0.3 is 14.6 Å². The molecule has 0 saturated heterocycles. The van der Waals surface area contributed by atoms with Crippen LogP contribution in [0.1, 0.15) is 15.9 Å². The second kappa shape index (κ2) is 4.89. The Morgan fingerprint density at radius 1 is 1.25 bits per heavy atom. The highest BCUT2D eigenvalue weighted by Crippen LogP contribution is 2.32. The Kier molecular flexibility index (Phi) is 3.06. The molecule has 0 spiro atoms. The van der Waals surface area contributed by atoms with Crippen LogP contribution < -0.4 is 9.47 Å². The van der Waals surface area contributed by atoms with Crippen molar-refractivity contribution in [3.05, 3.63) is 53.6 Å². The predicted molar refractivity (Wildman–Crippen MR) is 73.6 cm³/mol. The molecule has 0 aliphatic carbocycles. The van der Waals surface area contributed by atoms with Crippen molar-refractivity contribution >= 4 is 5.78 Å². The van der Waals surface area contributed by atoms with Gasteiger partial charge in [-0.1, -0.05) is 12.1 Å². The summed E-state index contributed by atoms with van der Waals surface area (Å²) >= 11 is 0. The van der Waals surface area contributed by atoms with Crippen LogP contribution in [0.5, 0.6) is 17.2 Å². The number of phenolic OH excluding ortho intramolecular Hbond substituents is 1. The number of Topliss-reactive ketones (excluding diaryl/α,β-unsaturated/α-hetero) is 1. The molecule has 0 bridgehead atoms. The van der Waals surface area contributed by atoms with E-state index in [9.17, 15) is 9.90 Å². The number of benzene rings is 2. The fourth-order valence-electron chi connectivity index (χ4n) is 2.34. The van der Waals surface area contributed by atoms with Gasteiger partial charge in [0.25, 0.3) is 0 Å². The van der Waals surface area contributed by atoms with Gasteiger partial charge in [-0.05, 0) is 30.3 Å². The minimum atomic E-state index is -0.592. The maximum absolute atomic E-state index is 12.2. The largest absolute Gasteiger partial charge is 0.508 e. The van der Waals surface area contributed by atoms with Crippen molar-refractivity contribution in [2.24, 2.45) is 0 Å². The Balaban J connectivity index is 1.85. The van der Waals surface area contributed by atoms with Crippen LogP contribution in [0.15, 0.2) is 42.5 Å². The number of methoxy groups -OCH3 is 1. The van der Waals surface area contributed by atoms with E-state index in [0.29, 0.717) is 29.0 Å². The molecule has 1 atom stereocenters. The molecule has 4 heteroatoms. The van der Waals surface area contributed by atoms with Crippen molar-refractivity contribution in [2.45, 2.75) is 12.5 Å². The minimum absolute atomic E-state index is 0.0529. The molecule has 1 aliphatic rings. The molecule has 0 aromatic heterocycles. The summed E-state index contributed by atoms with van der Waals surface area (Å²) in [4.78, 5) is 12.2. The molecule has 3 rings (SSSR count). The van der Waals surface area contributed by atoms with E-state index in [0.717, 1.165) is 0 Å². The minimum Gasteiger partial charge on any atom is -0.508 e. The first-order valence-corrected chi connectivity index (χ1v) is 6.35. The molecule has 0 radical (unpaired) electrons. The van der Waals surface area contributed by atoms with Gasteiger partial charge in [-0.3, -0.25) is 4.79 Å². The lowest BCUT2D eigenvalue weighted by atomic mass is 10.0. The van der Waals surface area contributed by atoms with E-state index >= 15 is 0 Å². The van der Waals surface area contributed by atoms with Crippen LogP contribution in [0, 0.1) is 0 Å². The van der Waals surface area contributed by atoms with Crippen LogP contribution in [0.2, 0.25) is 0 Å². The summed E-state index contributed by atoms with van der Waals surface area (Å²) in [5, 5.41) is 9.87. The zero-order valence-corrected chi connectivity index (χ0v) is 11.0. The molecule has 102 valence electrons. The maximum atomic E-state index is 12.2. The van der Waals surface area contributed by atoms with Gasteiger partial charge in [0.1, 0.15) is 17.2 Å². The van der Waals surface area contributed by atoms with Crippen LogP contribution in [0.4, 0.5) is 0 Å². The third-order valence-electron chi connectivity index (χ3n) is 3.41. The number of aromatic hydroxyl groups is 1. The summed E-state index contributed by atoms with van der Waals surface area (Å²) in [5.74, 6) is 1.33. The summed E-state index contributed by atoms with van der Waals surface area (Å²) in [6.07, 6.45) is -0.276. The van der Waals surface area contributed by atoms with Gasteiger partial charge in [0.05, 0.1) is 12.7 Å². The lowest BCUT2D eigenvalue weighted by Gasteiger charge is -2.11. The number of fused-ring (bicyclic) bond motifs is 1. The van der Waals surface area contributed by atoms with E-state index in [1.54, 1.807) is 37.4 Å². The van der Waals surface area contributed by atoms with Crippen molar-refractivity contribution in [3.8, 4) is 17.2 Å². The Morgan fingerprint density at radius 2 is 2.05 bits per heavy atom. The second-order valence-electron chi connectivity index (χ2n) is 4.67. The second-order valence-corrected chi connectivity index (χ2v) is 4.67. The predicted octanol–water partition coefficient (Wildman–Crippen LogP) is 2.59. The van der Waals surface area contributed by atoms with Gasteiger partial charge in [-0.2, -0.15) is 0 Å². The molecular formula is C16H14O4. The molecule has 0 amide bonds. The first-order valence-electron chi connectivity index (χ1n) is 6.35. The number of ketones is 1. The monoisotopic (exact) mass is 270 g/mol. The van der Waals surface area contributed by atoms with Crippen LogP contribution >= 0.6 is 0 Å². The van der Waals surface area contributed by atoms with Gasteiger partial charge in [0, 0.05) is 12.0 Å². The van der Waals surface area contributed by atoms with Crippen molar-refractivity contribution in [1.29, 1.82) is 0 Å². The fourth-order valence-corrected chi connectivity index (χ4v) is 2.34. The average molecular weight is 270 g/mol. The molecule has 4 nitrogen and oxygen atoms in total. The quantitative estimate of drug-likeness (QED) is 0.931. The van der Waals surface area contributed by atoms with Gasteiger partial charge in [0.15, 0.2) is 6.10 Å². The Morgan fingerprint density at radius 3 is 2.80 bits per heavy atom. The highest BCUT2D eigenvalue weighted by molar-refractivity contribution is 6.04. The van der Waals surface area contributed by atoms with E-state index in [2.05, 4.69) is 0 Å². The third kappa shape index (κ3) is 2.09. The Labute approximate surface area is 116 Å². The van der Waals surface area contributed by atoms with Gasteiger partial charge in [-0.25, -0.2) is 0 Å². The van der Waals surface area contributed by atoms with Crippen molar-refractivity contribution in [1.82, 2.24) is 0 Å². The topological polar surface area (TPSA) is 55.8 Å². The van der Waals surface area contributed by atoms with Gasteiger partial charge in [-0.15, -0.1) is 0 Å². The molecule has 1 aliphatic heterocycles. The summed E-state index contributed by atoms with van der Waals surface area (Å²) < 4.78 is 10.8. The van der Waals surface area contributed by atoms with E-state index in [1.807, 2.05) is 12.1 Å². The first-order chi connectivity index (χ1) is 9.69. The number of carbonyl (C=O) groups is 1. The van der Waals surface area contributed by atoms with Crippen molar-refractivity contribution < 1.29 is 19.4 Å². The maximum Gasteiger partial charge on any atom is 0.207 e. The SMILES string of the molecule is COc1ccc(O)c(CC2Oc3ccccc3C2=O)c1. The number of hydrogen-bond acceptors (Lipinski definition) is 4. The molecular weight excluding hydrogens is 256 g/mol. The summed E-state index contributed by atoms with van der Waals surface area (Å²) in [6.45, 7) is 0. The van der Waals surface area contributed by atoms with Gasteiger partial charge in [0.2, 0.25) is 5.78 Å².